The fourth-order valence-electron chi connectivity index (χ4n) is 2.66. The van der Waals surface area contributed by atoms with Crippen LogP contribution in [0.1, 0.15) is 19.8 Å². The van der Waals surface area contributed by atoms with Gasteiger partial charge in [0.25, 0.3) is 0 Å². The Morgan fingerprint density at radius 3 is 2.83 bits per heavy atom. The third-order valence-corrected chi connectivity index (χ3v) is 3.84. The molecular formula is C17H29IN4O. The van der Waals surface area contributed by atoms with Gasteiger partial charge in [0.2, 0.25) is 0 Å². The highest BCUT2D eigenvalue weighted by atomic mass is 127. The molecule has 1 aromatic rings. The summed E-state index contributed by atoms with van der Waals surface area (Å²) in [7, 11) is 1.82. The van der Waals surface area contributed by atoms with E-state index in [0.717, 1.165) is 51.6 Å². The maximum Gasteiger partial charge on any atom is 0.191 e. The SMILES string of the molecule is CCOCCCNC(=NC)NC1CCN(c2ccccc2)C1.I. The predicted molar refractivity (Wildman–Crippen MR) is 108 cm³/mol. The number of anilines is 1. The van der Waals surface area contributed by atoms with Crippen molar-refractivity contribution in [2.45, 2.75) is 25.8 Å². The highest BCUT2D eigenvalue weighted by Gasteiger charge is 2.23. The Morgan fingerprint density at radius 1 is 1.35 bits per heavy atom. The Hall–Kier alpha value is -1.02. The molecule has 0 saturated carbocycles. The number of nitrogens with zero attached hydrogens (tertiary/aromatic N) is 2. The van der Waals surface area contributed by atoms with Gasteiger partial charge in [-0.1, -0.05) is 18.2 Å². The minimum absolute atomic E-state index is 0. The molecule has 0 radical (unpaired) electrons. The normalized spacial score (nSPS) is 17.7. The summed E-state index contributed by atoms with van der Waals surface area (Å²) in [6.45, 7) is 6.59. The van der Waals surface area contributed by atoms with E-state index in [1.807, 2.05) is 14.0 Å². The summed E-state index contributed by atoms with van der Waals surface area (Å²) in [5.41, 5.74) is 1.30. The van der Waals surface area contributed by atoms with Crippen molar-refractivity contribution >= 4 is 35.6 Å². The second-order valence-corrected chi connectivity index (χ2v) is 5.46. The molecule has 0 aromatic heterocycles. The minimum Gasteiger partial charge on any atom is -0.382 e. The number of hydrogen-bond acceptors (Lipinski definition) is 3. The molecule has 5 nitrogen and oxygen atoms in total. The molecule has 1 aliphatic heterocycles. The molecule has 1 aromatic carbocycles. The standard InChI is InChI=1S/C17H28N4O.HI/c1-3-22-13-7-11-19-17(18-2)20-15-10-12-21(14-15)16-8-5-4-6-9-16;/h4-6,8-9,15H,3,7,10-14H2,1-2H3,(H2,18,19,20);1H. The summed E-state index contributed by atoms with van der Waals surface area (Å²) in [5, 5.41) is 6.86. The zero-order valence-corrected chi connectivity index (χ0v) is 16.5. The number of hydrogen-bond donors (Lipinski definition) is 2. The molecule has 1 unspecified atom stereocenters. The summed E-state index contributed by atoms with van der Waals surface area (Å²) in [5.74, 6) is 0.886. The molecule has 130 valence electrons. The van der Waals surface area contributed by atoms with E-state index >= 15 is 0 Å². The molecule has 23 heavy (non-hydrogen) atoms. The highest BCUT2D eigenvalue weighted by molar-refractivity contribution is 14.0. The molecule has 0 aliphatic carbocycles. The van der Waals surface area contributed by atoms with E-state index in [0.29, 0.717) is 6.04 Å². The van der Waals surface area contributed by atoms with Crippen LogP contribution in [-0.2, 0) is 4.74 Å². The van der Waals surface area contributed by atoms with Gasteiger partial charge in [-0.15, -0.1) is 24.0 Å². The lowest BCUT2D eigenvalue weighted by Crippen LogP contribution is -2.45. The largest absolute Gasteiger partial charge is 0.382 e. The molecule has 2 N–H and O–H groups in total. The first-order chi connectivity index (χ1) is 10.8. The van der Waals surface area contributed by atoms with Crippen molar-refractivity contribution in [2.24, 2.45) is 4.99 Å². The molecule has 1 saturated heterocycles. The van der Waals surface area contributed by atoms with Gasteiger partial charge in [-0.25, -0.2) is 0 Å². The lowest BCUT2D eigenvalue weighted by Gasteiger charge is -2.20. The number of halogens is 1. The Balaban J connectivity index is 0.00000264. The predicted octanol–water partition coefficient (Wildman–Crippen LogP) is 2.47. The highest BCUT2D eigenvalue weighted by Crippen LogP contribution is 2.19. The summed E-state index contributed by atoms with van der Waals surface area (Å²) in [6, 6.07) is 11.0. The molecule has 1 fully saturated rings. The second kappa shape index (κ2) is 11.5. The van der Waals surface area contributed by atoms with Crippen LogP contribution in [0.5, 0.6) is 0 Å². The van der Waals surface area contributed by atoms with Crippen LogP contribution in [0.25, 0.3) is 0 Å². The Kier molecular flexibility index (Phi) is 10.0. The van der Waals surface area contributed by atoms with E-state index in [2.05, 4.69) is 50.9 Å². The Labute approximate surface area is 156 Å². The van der Waals surface area contributed by atoms with Crippen LogP contribution in [0.2, 0.25) is 0 Å². The van der Waals surface area contributed by atoms with Crippen LogP contribution in [0.3, 0.4) is 0 Å². The first-order valence-corrected chi connectivity index (χ1v) is 8.18. The molecule has 1 heterocycles. The molecule has 1 aliphatic rings. The summed E-state index contributed by atoms with van der Waals surface area (Å²) in [6.07, 6.45) is 2.13. The van der Waals surface area contributed by atoms with Crippen LogP contribution in [0.15, 0.2) is 35.3 Å². The van der Waals surface area contributed by atoms with Gasteiger partial charge in [0.15, 0.2) is 5.96 Å². The number of guanidine groups is 1. The zero-order chi connectivity index (χ0) is 15.6. The zero-order valence-electron chi connectivity index (χ0n) is 14.1. The van der Waals surface area contributed by atoms with Crippen LogP contribution in [0, 0.1) is 0 Å². The summed E-state index contributed by atoms with van der Waals surface area (Å²) in [4.78, 5) is 6.72. The molecular weight excluding hydrogens is 403 g/mol. The van der Waals surface area contributed by atoms with E-state index in [9.17, 15) is 0 Å². The van der Waals surface area contributed by atoms with Gasteiger partial charge < -0.3 is 20.3 Å². The molecule has 1 atom stereocenters. The minimum atomic E-state index is 0. The van der Waals surface area contributed by atoms with Gasteiger partial charge in [0.05, 0.1) is 0 Å². The van der Waals surface area contributed by atoms with Crippen LogP contribution in [0.4, 0.5) is 5.69 Å². The van der Waals surface area contributed by atoms with Crippen molar-refractivity contribution in [2.75, 3.05) is 44.8 Å². The van der Waals surface area contributed by atoms with E-state index in [-0.39, 0.29) is 24.0 Å². The average molecular weight is 432 g/mol. The van der Waals surface area contributed by atoms with Gasteiger partial charge in [-0.05, 0) is 31.9 Å². The number of para-hydroxylation sites is 1. The number of nitrogens with one attached hydrogen (secondary N) is 2. The Bertz CT molecular complexity index is 455. The molecule has 6 heteroatoms. The van der Waals surface area contributed by atoms with Crippen molar-refractivity contribution in [3.8, 4) is 0 Å². The third kappa shape index (κ3) is 6.95. The molecule has 2 rings (SSSR count). The number of aliphatic imine (C=N–C) groups is 1. The van der Waals surface area contributed by atoms with Gasteiger partial charge >= 0.3 is 0 Å². The van der Waals surface area contributed by atoms with Gasteiger partial charge in [-0.2, -0.15) is 0 Å². The van der Waals surface area contributed by atoms with Crippen LogP contribution in [-0.4, -0.2) is 51.9 Å². The van der Waals surface area contributed by atoms with Crippen molar-refractivity contribution in [1.29, 1.82) is 0 Å². The molecule has 0 spiro atoms. The van der Waals surface area contributed by atoms with Crippen molar-refractivity contribution in [3.63, 3.8) is 0 Å². The molecule has 0 bridgehead atoms. The fraction of sp³-hybridized carbons (Fsp3) is 0.588. The first-order valence-electron chi connectivity index (χ1n) is 8.18. The monoisotopic (exact) mass is 432 g/mol. The number of rotatable bonds is 7. The quantitative estimate of drug-likeness (QED) is 0.301. The number of ether oxygens (including phenoxy) is 1. The van der Waals surface area contributed by atoms with Crippen molar-refractivity contribution < 1.29 is 4.74 Å². The van der Waals surface area contributed by atoms with Gasteiger partial charge in [0.1, 0.15) is 0 Å². The van der Waals surface area contributed by atoms with Gasteiger partial charge in [0, 0.05) is 51.6 Å². The maximum atomic E-state index is 5.34. The Morgan fingerprint density at radius 2 is 2.13 bits per heavy atom. The number of benzene rings is 1. The third-order valence-electron chi connectivity index (χ3n) is 3.84. The maximum absolute atomic E-state index is 5.34. The van der Waals surface area contributed by atoms with E-state index in [4.69, 9.17) is 4.74 Å². The van der Waals surface area contributed by atoms with Gasteiger partial charge in [-0.3, -0.25) is 4.99 Å². The van der Waals surface area contributed by atoms with E-state index in [1.165, 1.54) is 5.69 Å². The fourth-order valence-corrected chi connectivity index (χ4v) is 2.66. The molecule has 0 amide bonds. The smallest absolute Gasteiger partial charge is 0.191 e. The van der Waals surface area contributed by atoms with Crippen LogP contribution >= 0.6 is 24.0 Å². The van der Waals surface area contributed by atoms with E-state index in [1.54, 1.807) is 0 Å². The lowest BCUT2D eigenvalue weighted by atomic mass is 10.3. The average Bonchev–Trinajstić information content (AvgIpc) is 3.03. The van der Waals surface area contributed by atoms with Crippen molar-refractivity contribution in [1.82, 2.24) is 10.6 Å². The topological polar surface area (TPSA) is 48.9 Å². The second-order valence-electron chi connectivity index (χ2n) is 5.46. The summed E-state index contributed by atoms with van der Waals surface area (Å²) >= 11 is 0. The van der Waals surface area contributed by atoms with E-state index < -0.39 is 0 Å². The van der Waals surface area contributed by atoms with Crippen molar-refractivity contribution in [3.05, 3.63) is 30.3 Å². The van der Waals surface area contributed by atoms with Crippen LogP contribution < -0.4 is 15.5 Å². The lowest BCUT2D eigenvalue weighted by molar-refractivity contribution is 0.145. The summed E-state index contributed by atoms with van der Waals surface area (Å²) < 4.78 is 5.34. The first kappa shape index (κ1) is 20.0.